The molecule has 0 aliphatic rings. The Morgan fingerprint density at radius 1 is 1.04 bits per heavy atom. The van der Waals surface area contributed by atoms with Gasteiger partial charge in [-0.1, -0.05) is 42.5 Å². The number of aliphatic imine (C=N–C) groups is 1. The molecule has 0 saturated carbocycles. The normalized spacial score (nSPS) is 11.2. The zero-order chi connectivity index (χ0) is 20.0. The summed E-state index contributed by atoms with van der Waals surface area (Å²) in [6, 6.07) is 16.8. The van der Waals surface area contributed by atoms with Crippen LogP contribution < -0.4 is 10.6 Å². The van der Waals surface area contributed by atoms with Gasteiger partial charge in [0.05, 0.1) is 11.5 Å². The van der Waals surface area contributed by atoms with Gasteiger partial charge in [-0.15, -0.1) is 0 Å². The summed E-state index contributed by atoms with van der Waals surface area (Å²) >= 11 is 0. The van der Waals surface area contributed by atoms with Crippen molar-refractivity contribution in [3.8, 4) is 0 Å². The lowest BCUT2D eigenvalue weighted by atomic mass is 10.1. The molecule has 2 aromatic rings. The highest BCUT2D eigenvalue weighted by atomic mass is 16.6. The van der Waals surface area contributed by atoms with Crippen molar-refractivity contribution in [2.24, 2.45) is 4.99 Å². The van der Waals surface area contributed by atoms with E-state index in [-0.39, 0.29) is 5.69 Å². The molecule has 2 rings (SSSR count). The summed E-state index contributed by atoms with van der Waals surface area (Å²) in [7, 11) is 0. The van der Waals surface area contributed by atoms with Crippen LogP contribution in [0.1, 0.15) is 24.5 Å². The molecule has 0 unspecified atom stereocenters. The minimum absolute atomic E-state index is 0.0861. The molecule has 0 aromatic heterocycles. The molecule has 0 spiro atoms. The number of hydrogen-bond donors (Lipinski definition) is 2. The molecule has 2 aromatic carbocycles. The third-order valence-electron chi connectivity index (χ3n) is 4.08. The minimum Gasteiger partial charge on any atom is -0.382 e. The van der Waals surface area contributed by atoms with E-state index in [0.717, 1.165) is 44.1 Å². The standard InChI is InChI=1S/C21H28N4O3/c1-2-28-16-6-14-22-21(23-15-13-18-7-4-3-5-8-18)24-17-19-9-11-20(12-10-19)25(26)27/h3-5,7-12H,2,6,13-17H2,1H3,(H2,22,23,24). The summed E-state index contributed by atoms with van der Waals surface area (Å²) in [6.45, 7) is 5.39. The van der Waals surface area contributed by atoms with Gasteiger partial charge in [0.1, 0.15) is 0 Å². The molecule has 0 radical (unpaired) electrons. The molecule has 150 valence electrons. The molecule has 0 saturated heterocycles. The van der Waals surface area contributed by atoms with Gasteiger partial charge in [-0.3, -0.25) is 10.1 Å². The molecular weight excluding hydrogens is 356 g/mol. The number of nitro benzene ring substituents is 1. The first-order valence-electron chi connectivity index (χ1n) is 9.56. The smallest absolute Gasteiger partial charge is 0.269 e. The molecule has 0 bridgehead atoms. The van der Waals surface area contributed by atoms with Crippen LogP contribution in [0.25, 0.3) is 0 Å². The van der Waals surface area contributed by atoms with Crippen molar-refractivity contribution in [2.45, 2.75) is 26.3 Å². The average molecular weight is 384 g/mol. The van der Waals surface area contributed by atoms with Crippen molar-refractivity contribution in [2.75, 3.05) is 26.3 Å². The largest absolute Gasteiger partial charge is 0.382 e. The highest BCUT2D eigenvalue weighted by molar-refractivity contribution is 5.79. The van der Waals surface area contributed by atoms with Gasteiger partial charge >= 0.3 is 0 Å². The fraction of sp³-hybridized carbons (Fsp3) is 0.381. The monoisotopic (exact) mass is 384 g/mol. The van der Waals surface area contributed by atoms with Crippen molar-refractivity contribution < 1.29 is 9.66 Å². The van der Waals surface area contributed by atoms with Crippen LogP contribution >= 0.6 is 0 Å². The summed E-state index contributed by atoms with van der Waals surface area (Å²) < 4.78 is 5.36. The van der Waals surface area contributed by atoms with Crippen molar-refractivity contribution in [3.05, 3.63) is 75.8 Å². The van der Waals surface area contributed by atoms with Crippen LogP contribution in [0, 0.1) is 10.1 Å². The van der Waals surface area contributed by atoms with E-state index in [9.17, 15) is 10.1 Å². The number of nitrogens with zero attached hydrogens (tertiary/aromatic N) is 2. The second kappa shape index (κ2) is 12.5. The van der Waals surface area contributed by atoms with E-state index in [1.807, 2.05) is 25.1 Å². The van der Waals surface area contributed by atoms with E-state index in [0.29, 0.717) is 13.2 Å². The summed E-state index contributed by atoms with van der Waals surface area (Å²) in [5.74, 6) is 0.728. The molecule has 0 aliphatic heterocycles. The SMILES string of the molecule is CCOCCCNC(=NCc1ccc([N+](=O)[O-])cc1)NCCc1ccccc1. The first-order chi connectivity index (χ1) is 13.7. The molecule has 2 N–H and O–H groups in total. The maximum absolute atomic E-state index is 10.8. The molecule has 0 atom stereocenters. The third-order valence-corrected chi connectivity index (χ3v) is 4.08. The lowest BCUT2D eigenvalue weighted by Gasteiger charge is -2.13. The van der Waals surface area contributed by atoms with Gasteiger partial charge in [0.2, 0.25) is 0 Å². The zero-order valence-corrected chi connectivity index (χ0v) is 16.3. The van der Waals surface area contributed by atoms with E-state index in [1.54, 1.807) is 12.1 Å². The second-order valence-electron chi connectivity index (χ2n) is 6.23. The summed E-state index contributed by atoms with van der Waals surface area (Å²) in [6.07, 6.45) is 1.79. The van der Waals surface area contributed by atoms with Crippen molar-refractivity contribution in [3.63, 3.8) is 0 Å². The van der Waals surface area contributed by atoms with E-state index in [2.05, 4.69) is 27.8 Å². The third kappa shape index (κ3) is 8.18. The summed E-state index contributed by atoms with van der Waals surface area (Å²) in [4.78, 5) is 15.0. The number of hydrogen-bond acceptors (Lipinski definition) is 4. The Morgan fingerprint density at radius 3 is 2.43 bits per heavy atom. The Hall–Kier alpha value is -2.93. The maximum atomic E-state index is 10.8. The quantitative estimate of drug-likeness (QED) is 0.204. The average Bonchev–Trinajstić information content (AvgIpc) is 2.72. The van der Waals surface area contributed by atoms with Gasteiger partial charge in [0, 0.05) is 38.4 Å². The Labute approximate surface area is 166 Å². The Bertz CT molecular complexity index is 733. The number of guanidine groups is 1. The lowest BCUT2D eigenvalue weighted by molar-refractivity contribution is -0.384. The fourth-order valence-corrected chi connectivity index (χ4v) is 2.56. The zero-order valence-electron chi connectivity index (χ0n) is 16.3. The highest BCUT2D eigenvalue weighted by Gasteiger charge is 2.04. The van der Waals surface area contributed by atoms with Gasteiger partial charge in [-0.25, -0.2) is 4.99 Å². The highest BCUT2D eigenvalue weighted by Crippen LogP contribution is 2.12. The van der Waals surface area contributed by atoms with Crippen molar-refractivity contribution in [1.29, 1.82) is 0 Å². The van der Waals surface area contributed by atoms with Crippen molar-refractivity contribution in [1.82, 2.24) is 10.6 Å². The van der Waals surface area contributed by atoms with Gasteiger partial charge in [0.25, 0.3) is 5.69 Å². The summed E-state index contributed by atoms with van der Waals surface area (Å²) in [5.41, 5.74) is 2.27. The number of benzene rings is 2. The molecule has 0 fully saturated rings. The number of rotatable bonds is 11. The van der Waals surface area contributed by atoms with Gasteiger partial charge in [-0.05, 0) is 30.9 Å². The van der Waals surface area contributed by atoms with Crippen LogP contribution in [0.15, 0.2) is 59.6 Å². The molecule has 7 heteroatoms. The minimum atomic E-state index is -0.399. The van der Waals surface area contributed by atoms with Crippen LogP contribution in [0.4, 0.5) is 5.69 Å². The molecule has 28 heavy (non-hydrogen) atoms. The van der Waals surface area contributed by atoms with Crippen LogP contribution in [-0.2, 0) is 17.7 Å². The van der Waals surface area contributed by atoms with Crippen LogP contribution in [0.3, 0.4) is 0 Å². The van der Waals surface area contributed by atoms with E-state index in [1.165, 1.54) is 17.7 Å². The molecule has 0 aliphatic carbocycles. The Balaban J connectivity index is 1.89. The van der Waals surface area contributed by atoms with Gasteiger partial charge < -0.3 is 15.4 Å². The van der Waals surface area contributed by atoms with Crippen LogP contribution in [0.5, 0.6) is 0 Å². The molecule has 7 nitrogen and oxygen atoms in total. The van der Waals surface area contributed by atoms with Gasteiger partial charge in [-0.2, -0.15) is 0 Å². The molecule has 0 heterocycles. The second-order valence-corrected chi connectivity index (χ2v) is 6.23. The first-order valence-corrected chi connectivity index (χ1v) is 9.56. The fourth-order valence-electron chi connectivity index (χ4n) is 2.56. The number of nitrogens with one attached hydrogen (secondary N) is 2. The Kier molecular flexibility index (Phi) is 9.51. The number of ether oxygens (including phenoxy) is 1. The predicted octanol–water partition coefficient (Wildman–Crippen LogP) is 3.30. The van der Waals surface area contributed by atoms with E-state index < -0.39 is 4.92 Å². The Morgan fingerprint density at radius 2 is 1.75 bits per heavy atom. The maximum Gasteiger partial charge on any atom is 0.269 e. The lowest BCUT2D eigenvalue weighted by Crippen LogP contribution is -2.39. The predicted molar refractivity (Wildman–Crippen MR) is 111 cm³/mol. The van der Waals surface area contributed by atoms with Crippen LogP contribution in [-0.4, -0.2) is 37.2 Å². The van der Waals surface area contributed by atoms with Gasteiger partial charge in [0.15, 0.2) is 5.96 Å². The topological polar surface area (TPSA) is 88.8 Å². The number of non-ortho nitro benzene ring substituents is 1. The van der Waals surface area contributed by atoms with E-state index >= 15 is 0 Å². The number of nitro groups is 1. The molecular formula is C21H28N4O3. The van der Waals surface area contributed by atoms with E-state index in [4.69, 9.17) is 4.74 Å². The first kappa shape index (κ1) is 21.4. The van der Waals surface area contributed by atoms with Crippen LogP contribution in [0.2, 0.25) is 0 Å². The van der Waals surface area contributed by atoms with Crippen molar-refractivity contribution >= 4 is 11.6 Å². The molecule has 0 amide bonds. The summed E-state index contributed by atoms with van der Waals surface area (Å²) in [5, 5.41) is 17.4.